The van der Waals surface area contributed by atoms with Crippen LogP contribution in [0.4, 0.5) is 0 Å². The summed E-state index contributed by atoms with van der Waals surface area (Å²) in [6.07, 6.45) is 4.57. The van der Waals surface area contributed by atoms with Crippen LogP contribution in [-0.4, -0.2) is 30.2 Å². The molecule has 0 aromatic rings. The fourth-order valence-corrected chi connectivity index (χ4v) is 2.45. The molecule has 1 rings (SSSR count). The van der Waals surface area contributed by atoms with Gasteiger partial charge in [0.1, 0.15) is 0 Å². The Balaban J connectivity index is 2.35. The Morgan fingerprint density at radius 1 is 1.35 bits per heavy atom. The highest BCUT2D eigenvalue weighted by atomic mass is 16.3. The molecule has 4 heteroatoms. The van der Waals surface area contributed by atoms with Crippen LogP contribution in [0.3, 0.4) is 0 Å². The van der Waals surface area contributed by atoms with Crippen LogP contribution in [-0.2, 0) is 4.79 Å². The summed E-state index contributed by atoms with van der Waals surface area (Å²) in [6.45, 7) is 4.78. The first-order chi connectivity index (χ1) is 8.06. The van der Waals surface area contributed by atoms with Crippen molar-refractivity contribution in [3.8, 4) is 0 Å². The van der Waals surface area contributed by atoms with E-state index < -0.39 is 6.04 Å². The van der Waals surface area contributed by atoms with Gasteiger partial charge in [0.2, 0.25) is 5.91 Å². The molecule has 1 aliphatic carbocycles. The third-order valence-electron chi connectivity index (χ3n) is 3.86. The van der Waals surface area contributed by atoms with Crippen molar-refractivity contribution in [1.82, 2.24) is 5.32 Å². The van der Waals surface area contributed by atoms with Gasteiger partial charge >= 0.3 is 0 Å². The Morgan fingerprint density at radius 3 is 2.47 bits per heavy atom. The Kier molecular flexibility index (Phi) is 5.92. The van der Waals surface area contributed by atoms with Gasteiger partial charge in [-0.15, -0.1) is 0 Å². The van der Waals surface area contributed by atoms with E-state index in [0.717, 1.165) is 12.8 Å². The van der Waals surface area contributed by atoms with E-state index in [9.17, 15) is 9.90 Å². The number of carbonyl (C=O) groups is 1. The number of nitrogens with one attached hydrogen (secondary N) is 1. The molecule has 0 aromatic heterocycles. The Morgan fingerprint density at radius 2 is 1.94 bits per heavy atom. The molecular weight excluding hydrogens is 216 g/mol. The van der Waals surface area contributed by atoms with Crippen LogP contribution < -0.4 is 11.1 Å². The van der Waals surface area contributed by atoms with Crippen LogP contribution in [0, 0.1) is 17.8 Å². The lowest BCUT2D eigenvalue weighted by atomic mass is 9.79. The maximum absolute atomic E-state index is 11.7. The number of rotatable bonds is 5. The number of aliphatic hydroxyl groups excluding tert-OH is 1. The van der Waals surface area contributed by atoms with E-state index in [0.29, 0.717) is 18.4 Å². The minimum absolute atomic E-state index is 0.0673. The van der Waals surface area contributed by atoms with Crippen LogP contribution in [0.5, 0.6) is 0 Å². The van der Waals surface area contributed by atoms with Crippen molar-refractivity contribution in [2.45, 2.75) is 45.6 Å². The molecule has 0 saturated heterocycles. The number of hydrogen-bond acceptors (Lipinski definition) is 3. The van der Waals surface area contributed by atoms with Gasteiger partial charge in [0.05, 0.1) is 6.04 Å². The molecule has 0 bridgehead atoms. The van der Waals surface area contributed by atoms with E-state index in [2.05, 4.69) is 5.32 Å². The van der Waals surface area contributed by atoms with Crippen molar-refractivity contribution in [2.24, 2.45) is 23.5 Å². The van der Waals surface area contributed by atoms with E-state index in [4.69, 9.17) is 5.73 Å². The largest absolute Gasteiger partial charge is 0.396 e. The molecule has 4 N–H and O–H groups in total. The second kappa shape index (κ2) is 6.97. The van der Waals surface area contributed by atoms with E-state index in [1.165, 1.54) is 12.8 Å². The van der Waals surface area contributed by atoms with Gasteiger partial charge in [0, 0.05) is 13.2 Å². The summed E-state index contributed by atoms with van der Waals surface area (Å²) >= 11 is 0. The number of aliphatic hydroxyl groups is 1. The fourth-order valence-electron chi connectivity index (χ4n) is 2.45. The molecule has 1 saturated carbocycles. The van der Waals surface area contributed by atoms with Crippen molar-refractivity contribution in [3.05, 3.63) is 0 Å². The van der Waals surface area contributed by atoms with Gasteiger partial charge in [0.25, 0.3) is 0 Å². The first-order valence-electron chi connectivity index (χ1n) is 6.70. The second-order valence-electron chi connectivity index (χ2n) is 5.50. The summed E-state index contributed by atoms with van der Waals surface area (Å²) in [6, 6.07) is -0.425. The van der Waals surface area contributed by atoms with Crippen LogP contribution in [0.15, 0.2) is 0 Å². The van der Waals surface area contributed by atoms with Gasteiger partial charge in [-0.3, -0.25) is 4.79 Å². The number of hydrogen-bond donors (Lipinski definition) is 3. The lowest BCUT2D eigenvalue weighted by molar-refractivity contribution is -0.123. The molecule has 3 atom stereocenters. The average molecular weight is 242 g/mol. The van der Waals surface area contributed by atoms with Gasteiger partial charge in [-0.2, -0.15) is 0 Å². The van der Waals surface area contributed by atoms with E-state index in [1.807, 2.05) is 13.8 Å². The zero-order valence-corrected chi connectivity index (χ0v) is 11.0. The second-order valence-corrected chi connectivity index (χ2v) is 5.50. The van der Waals surface area contributed by atoms with Crippen LogP contribution >= 0.6 is 0 Å². The molecule has 0 heterocycles. The van der Waals surface area contributed by atoms with Crippen LogP contribution in [0.1, 0.15) is 39.5 Å². The first-order valence-corrected chi connectivity index (χ1v) is 6.70. The predicted octanol–water partition coefficient (Wildman–Crippen LogP) is 0.885. The third kappa shape index (κ3) is 4.28. The van der Waals surface area contributed by atoms with Crippen molar-refractivity contribution >= 4 is 5.91 Å². The summed E-state index contributed by atoms with van der Waals surface area (Å²) < 4.78 is 0. The molecule has 4 nitrogen and oxygen atoms in total. The van der Waals surface area contributed by atoms with Gasteiger partial charge in [-0.05, 0) is 30.6 Å². The van der Waals surface area contributed by atoms with Gasteiger partial charge in [0.15, 0.2) is 0 Å². The molecule has 1 fully saturated rings. The first kappa shape index (κ1) is 14.5. The van der Waals surface area contributed by atoms with E-state index >= 15 is 0 Å². The van der Waals surface area contributed by atoms with Crippen molar-refractivity contribution in [3.63, 3.8) is 0 Å². The SMILES string of the molecule is CC(C)[C@@H](N)C(=O)NCC1CCCCC1CO. The van der Waals surface area contributed by atoms with Crippen LogP contribution in [0.2, 0.25) is 0 Å². The topological polar surface area (TPSA) is 75.4 Å². The van der Waals surface area contributed by atoms with Gasteiger partial charge in [-0.25, -0.2) is 0 Å². The minimum atomic E-state index is -0.425. The Bertz CT molecular complexity index is 244. The number of carbonyl (C=O) groups excluding carboxylic acids is 1. The Hall–Kier alpha value is -0.610. The molecule has 2 unspecified atom stereocenters. The molecule has 100 valence electrons. The average Bonchev–Trinajstić information content (AvgIpc) is 2.35. The van der Waals surface area contributed by atoms with E-state index in [1.54, 1.807) is 0 Å². The summed E-state index contributed by atoms with van der Waals surface area (Å²) in [5, 5.41) is 12.2. The number of amides is 1. The normalized spacial score (nSPS) is 26.9. The monoisotopic (exact) mass is 242 g/mol. The summed E-state index contributed by atoms with van der Waals surface area (Å²) in [7, 11) is 0. The zero-order chi connectivity index (χ0) is 12.8. The number of nitrogens with two attached hydrogens (primary N) is 1. The van der Waals surface area contributed by atoms with Crippen LogP contribution in [0.25, 0.3) is 0 Å². The summed E-state index contributed by atoms with van der Waals surface area (Å²) in [5.41, 5.74) is 5.78. The van der Waals surface area contributed by atoms with Crippen molar-refractivity contribution in [2.75, 3.05) is 13.2 Å². The summed E-state index contributed by atoms with van der Waals surface area (Å²) in [4.78, 5) is 11.7. The lowest BCUT2D eigenvalue weighted by Crippen LogP contribution is -2.46. The zero-order valence-electron chi connectivity index (χ0n) is 11.0. The highest BCUT2D eigenvalue weighted by Crippen LogP contribution is 2.29. The van der Waals surface area contributed by atoms with E-state index in [-0.39, 0.29) is 18.4 Å². The quantitative estimate of drug-likeness (QED) is 0.670. The van der Waals surface area contributed by atoms with Crippen molar-refractivity contribution < 1.29 is 9.90 Å². The molecule has 1 amide bonds. The maximum Gasteiger partial charge on any atom is 0.237 e. The highest BCUT2D eigenvalue weighted by Gasteiger charge is 2.25. The molecule has 17 heavy (non-hydrogen) atoms. The molecular formula is C13H26N2O2. The molecule has 0 aromatic carbocycles. The molecule has 0 spiro atoms. The smallest absolute Gasteiger partial charge is 0.237 e. The highest BCUT2D eigenvalue weighted by molar-refractivity contribution is 5.81. The molecule has 1 aliphatic rings. The molecule has 0 radical (unpaired) electrons. The fraction of sp³-hybridized carbons (Fsp3) is 0.923. The molecule has 0 aliphatic heterocycles. The third-order valence-corrected chi connectivity index (χ3v) is 3.86. The van der Waals surface area contributed by atoms with Crippen molar-refractivity contribution in [1.29, 1.82) is 0 Å². The summed E-state index contributed by atoms with van der Waals surface area (Å²) in [5.74, 6) is 0.855. The predicted molar refractivity (Wildman–Crippen MR) is 68.4 cm³/mol. The van der Waals surface area contributed by atoms with Gasteiger partial charge < -0.3 is 16.2 Å². The minimum Gasteiger partial charge on any atom is -0.396 e. The standard InChI is InChI=1S/C13H26N2O2/c1-9(2)12(14)13(17)15-7-10-5-3-4-6-11(10)8-16/h9-12,16H,3-8,14H2,1-2H3,(H,15,17)/t10?,11?,12-/m1/s1. The maximum atomic E-state index is 11.7. The Labute approximate surface area is 104 Å². The lowest BCUT2D eigenvalue weighted by Gasteiger charge is -2.30. The van der Waals surface area contributed by atoms with Gasteiger partial charge in [-0.1, -0.05) is 26.7 Å².